The number of urea groups is 1. The van der Waals surface area contributed by atoms with Crippen LogP contribution in [0, 0.1) is 11.3 Å². The molecule has 3 saturated carbocycles. The number of hydrogen-bond donors (Lipinski definition) is 1. The van der Waals surface area contributed by atoms with Crippen LogP contribution >= 0.6 is 0 Å². The van der Waals surface area contributed by atoms with Crippen LogP contribution in [0.2, 0.25) is 0 Å². The van der Waals surface area contributed by atoms with Gasteiger partial charge >= 0.3 is 12.1 Å². The average molecular weight is 380 g/mol. The topological polar surface area (TPSA) is 61.9 Å². The number of ether oxygens (including phenoxy) is 1. The second-order valence-electron chi connectivity index (χ2n) is 10.2. The van der Waals surface area contributed by atoms with E-state index in [9.17, 15) is 9.59 Å². The quantitative estimate of drug-likeness (QED) is 0.789. The van der Waals surface area contributed by atoms with Gasteiger partial charge in [0.1, 0.15) is 5.60 Å². The maximum absolute atomic E-state index is 12.8. The van der Waals surface area contributed by atoms with Crippen LogP contribution in [0.1, 0.15) is 73.1 Å². The van der Waals surface area contributed by atoms with Crippen LogP contribution in [0.15, 0.2) is 0 Å². The molecule has 0 spiro atoms. The summed E-state index contributed by atoms with van der Waals surface area (Å²) in [5.41, 5.74) is 0.0134. The average Bonchev–Trinajstić information content (AvgIpc) is 2.61. The van der Waals surface area contributed by atoms with E-state index in [0.717, 1.165) is 25.2 Å². The third kappa shape index (κ3) is 4.35. The zero-order valence-corrected chi connectivity index (χ0v) is 17.8. The van der Waals surface area contributed by atoms with Crippen molar-refractivity contribution in [3.8, 4) is 0 Å². The number of nitrogens with one attached hydrogen (secondary N) is 1. The Labute approximate surface area is 164 Å². The van der Waals surface area contributed by atoms with Gasteiger partial charge in [0.2, 0.25) is 0 Å². The monoisotopic (exact) mass is 379 g/mol. The normalized spacial score (nSPS) is 31.2. The molecule has 3 amide bonds. The van der Waals surface area contributed by atoms with Crippen molar-refractivity contribution in [2.24, 2.45) is 11.3 Å². The molecule has 2 bridgehead atoms. The molecule has 1 N–H and O–H groups in total. The van der Waals surface area contributed by atoms with E-state index >= 15 is 0 Å². The lowest BCUT2D eigenvalue weighted by molar-refractivity contribution is -0.00895. The van der Waals surface area contributed by atoms with Crippen LogP contribution < -0.4 is 5.32 Å². The molecule has 6 nitrogen and oxygen atoms in total. The van der Waals surface area contributed by atoms with Gasteiger partial charge in [-0.3, -0.25) is 0 Å². The SMILES string of the molecule is CC(C)C12CCC(NC(=O)N3CCN(C(=O)OC(C)(C)C)CC3)(CC1)CC2. The maximum Gasteiger partial charge on any atom is 0.410 e. The minimum Gasteiger partial charge on any atom is -0.444 e. The molecule has 27 heavy (non-hydrogen) atoms. The molecule has 154 valence electrons. The van der Waals surface area contributed by atoms with Crippen molar-refractivity contribution in [1.29, 1.82) is 0 Å². The molecule has 4 aliphatic rings. The zero-order valence-electron chi connectivity index (χ0n) is 17.8. The highest BCUT2D eigenvalue weighted by Gasteiger charge is 2.50. The van der Waals surface area contributed by atoms with E-state index in [1.807, 2.05) is 25.7 Å². The number of piperazine rings is 1. The molecule has 0 aromatic carbocycles. The first-order valence-corrected chi connectivity index (χ1v) is 10.6. The first-order valence-electron chi connectivity index (χ1n) is 10.6. The Balaban J connectivity index is 1.49. The molecule has 6 heteroatoms. The van der Waals surface area contributed by atoms with E-state index in [4.69, 9.17) is 4.74 Å². The fourth-order valence-electron chi connectivity index (χ4n) is 4.99. The highest BCUT2D eigenvalue weighted by atomic mass is 16.6. The number of hydrogen-bond acceptors (Lipinski definition) is 3. The summed E-state index contributed by atoms with van der Waals surface area (Å²) in [4.78, 5) is 28.6. The Bertz CT molecular complexity index is 549. The van der Waals surface area contributed by atoms with Crippen LogP contribution in [-0.2, 0) is 4.74 Å². The van der Waals surface area contributed by atoms with Gasteiger partial charge in [0, 0.05) is 31.7 Å². The highest BCUT2D eigenvalue weighted by molar-refractivity contribution is 5.76. The molecule has 0 unspecified atom stereocenters. The number of nitrogens with zero attached hydrogens (tertiary/aromatic N) is 2. The van der Waals surface area contributed by atoms with Crippen LogP contribution in [-0.4, -0.2) is 59.2 Å². The largest absolute Gasteiger partial charge is 0.444 e. The predicted molar refractivity (Wildman–Crippen MR) is 106 cm³/mol. The van der Waals surface area contributed by atoms with Crippen molar-refractivity contribution in [3.63, 3.8) is 0 Å². The Morgan fingerprint density at radius 3 is 1.81 bits per heavy atom. The molecule has 0 atom stereocenters. The molecule has 0 aromatic heterocycles. The van der Waals surface area contributed by atoms with Gasteiger partial charge in [-0.05, 0) is 70.6 Å². The zero-order chi connectivity index (χ0) is 19.9. The third-order valence-corrected chi connectivity index (χ3v) is 7.12. The summed E-state index contributed by atoms with van der Waals surface area (Å²) < 4.78 is 5.43. The highest BCUT2D eigenvalue weighted by Crippen LogP contribution is 2.55. The van der Waals surface area contributed by atoms with Gasteiger partial charge < -0.3 is 19.9 Å². The number of carbonyl (C=O) groups excluding carboxylic acids is 2. The number of amides is 3. The van der Waals surface area contributed by atoms with Gasteiger partial charge in [-0.25, -0.2) is 9.59 Å². The standard InChI is InChI=1S/C21H37N3O3/c1-16(2)20-6-9-21(10-7-20,11-8-20)22-17(25)23-12-14-24(15-13-23)18(26)27-19(3,4)5/h16H,6-15H2,1-5H3,(H,22,25). The van der Waals surface area contributed by atoms with E-state index < -0.39 is 5.60 Å². The Kier molecular flexibility index (Phi) is 5.39. The molecule has 4 rings (SSSR count). The first kappa shape index (κ1) is 20.3. The third-order valence-electron chi connectivity index (χ3n) is 7.12. The Morgan fingerprint density at radius 1 is 0.889 bits per heavy atom. The second-order valence-corrected chi connectivity index (χ2v) is 10.2. The number of fused-ring (bicyclic) bond motifs is 3. The van der Waals surface area contributed by atoms with Crippen LogP contribution in [0.5, 0.6) is 0 Å². The fraction of sp³-hybridized carbons (Fsp3) is 0.905. The van der Waals surface area contributed by atoms with E-state index in [1.54, 1.807) is 4.90 Å². The molecule has 1 heterocycles. The van der Waals surface area contributed by atoms with Gasteiger partial charge in [-0.1, -0.05) is 13.8 Å². The Hall–Kier alpha value is -1.46. The van der Waals surface area contributed by atoms with Gasteiger partial charge in [-0.2, -0.15) is 0 Å². The molecule has 1 aliphatic heterocycles. The molecular weight excluding hydrogens is 342 g/mol. The lowest BCUT2D eigenvalue weighted by Gasteiger charge is -2.56. The molecule has 4 fully saturated rings. The van der Waals surface area contributed by atoms with E-state index in [0.29, 0.717) is 31.6 Å². The lowest BCUT2D eigenvalue weighted by atomic mass is 9.53. The van der Waals surface area contributed by atoms with E-state index in [2.05, 4.69) is 19.2 Å². The van der Waals surface area contributed by atoms with Gasteiger partial charge in [-0.15, -0.1) is 0 Å². The predicted octanol–water partition coefficient (Wildman–Crippen LogP) is 4.00. The van der Waals surface area contributed by atoms with E-state index in [1.165, 1.54) is 19.3 Å². The molecular formula is C21H37N3O3. The first-order chi connectivity index (χ1) is 12.5. The lowest BCUT2D eigenvalue weighted by Crippen LogP contribution is -2.62. The van der Waals surface area contributed by atoms with Gasteiger partial charge in [0.25, 0.3) is 0 Å². The fourth-order valence-corrected chi connectivity index (χ4v) is 4.99. The smallest absolute Gasteiger partial charge is 0.410 e. The van der Waals surface area contributed by atoms with Crippen LogP contribution in [0.25, 0.3) is 0 Å². The molecule has 0 radical (unpaired) electrons. The second kappa shape index (κ2) is 7.17. The maximum atomic E-state index is 12.8. The summed E-state index contributed by atoms with van der Waals surface area (Å²) >= 11 is 0. The van der Waals surface area contributed by atoms with Gasteiger partial charge in [0.05, 0.1) is 0 Å². The van der Waals surface area contributed by atoms with Crippen molar-refractivity contribution in [3.05, 3.63) is 0 Å². The van der Waals surface area contributed by atoms with Crippen molar-refractivity contribution >= 4 is 12.1 Å². The molecule has 3 aliphatic carbocycles. The summed E-state index contributed by atoms with van der Waals surface area (Å²) in [7, 11) is 0. The summed E-state index contributed by atoms with van der Waals surface area (Å²) in [5.74, 6) is 0.729. The minimum absolute atomic E-state index is 0.00395. The summed E-state index contributed by atoms with van der Waals surface area (Å²) in [6, 6.07) is 0.0396. The van der Waals surface area contributed by atoms with Crippen molar-refractivity contribution in [2.75, 3.05) is 26.2 Å². The molecule has 1 saturated heterocycles. The van der Waals surface area contributed by atoms with E-state index in [-0.39, 0.29) is 17.7 Å². The van der Waals surface area contributed by atoms with Crippen molar-refractivity contribution < 1.29 is 14.3 Å². The van der Waals surface area contributed by atoms with Crippen LogP contribution in [0.3, 0.4) is 0 Å². The number of rotatable bonds is 2. The van der Waals surface area contributed by atoms with Gasteiger partial charge in [0.15, 0.2) is 0 Å². The Morgan fingerprint density at radius 2 is 1.37 bits per heavy atom. The molecule has 0 aromatic rings. The minimum atomic E-state index is -0.488. The summed E-state index contributed by atoms with van der Waals surface area (Å²) in [5, 5.41) is 3.38. The van der Waals surface area contributed by atoms with Crippen LogP contribution in [0.4, 0.5) is 9.59 Å². The number of carbonyl (C=O) groups is 2. The van der Waals surface area contributed by atoms with Crippen molar-refractivity contribution in [1.82, 2.24) is 15.1 Å². The summed E-state index contributed by atoms with van der Waals surface area (Å²) in [6.07, 6.45) is 6.73. The summed E-state index contributed by atoms with van der Waals surface area (Å²) in [6.45, 7) is 12.5. The van der Waals surface area contributed by atoms with Crippen molar-refractivity contribution in [2.45, 2.75) is 84.3 Å².